The number of aryl methyl sites for hydroxylation is 1. The lowest BCUT2D eigenvalue weighted by Crippen LogP contribution is -2.45. The zero-order valence-electron chi connectivity index (χ0n) is 12.3. The zero-order chi connectivity index (χ0) is 14.2. The molecule has 0 amide bonds. The number of nitrogens with two attached hydrogens (primary N) is 1. The number of nitrogens with one attached hydrogen (secondary N) is 1. The molecule has 0 saturated carbocycles. The molecule has 5 nitrogen and oxygen atoms in total. The van der Waals surface area contributed by atoms with Crippen molar-refractivity contribution in [3.05, 3.63) is 17.5 Å². The molecule has 1 aromatic heterocycles. The summed E-state index contributed by atoms with van der Waals surface area (Å²) >= 11 is 2.01. The molecule has 0 bridgehead atoms. The van der Waals surface area contributed by atoms with Crippen LogP contribution in [0.1, 0.15) is 36.6 Å². The van der Waals surface area contributed by atoms with Crippen LogP contribution in [0.4, 0.5) is 0 Å². The van der Waals surface area contributed by atoms with Crippen molar-refractivity contribution in [2.24, 2.45) is 18.8 Å². The maximum absolute atomic E-state index is 6.11. The topological polar surface area (TPSA) is 65.1 Å². The predicted octanol–water partition coefficient (Wildman–Crippen LogP) is 1.54. The molecule has 2 fully saturated rings. The zero-order valence-corrected chi connectivity index (χ0v) is 13.1. The van der Waals surface area contributed by atoms with Crippen LogP contribution in [0.25, 0.3) is 0 Å². The van der Waals surface area contributed by atoms with E-state index in [9.17, 15) is 0 Å². The second-order valence-corrected chi connectivity index (χ2v) is 7.15. The lowest BCUT2D eigenvalue weighted by atomic mass is 9.79. The molecule has 3 atom stereocenters. The van der Waals surface area contributed by atoms with E-state index in [1.807, 2.05) is 29.7 Å². The summed E-state index contributed by atoms with van der Waals surface area (Å²) in [6.07, 6.45) is 5.29. The van der Waals surface area contributed by atoms with Crippen molar-refractivity contribution in [1.29, 1.82) is 0 Å². The Kier molecular flexibility index (Phi) is 4.08. The maximum atomic E-state index is 6.11. The number of aromatic nitrogens is 2. The summed E-state index contributed by atoms with van der Waals surface area (Å²) in [7, 11) is 1.98. The fraction of sp³-hybridized carbons (Fsp3) is 0.786. The van der Waals surface area contributed by atoms with Gasteiger partial charge in [-0.05, 0) is 37.9 Å². The Morgan fingerprint density at radius 2 is 2.50 bits per heavy atom. The third-order valence-electron chi connectivity index (χ3n) is 4.86. The van der Waals surface area contributed by atoms with Crippen molar-refractivity contribution in [3.8, 4) is 0 Å². The van der Waals surface area contributed by atoms with Crippen molar-refractivity contribution in [2.75, 3.05) is 18.1 Å². The molecule has 3 heterocycles. The number of rotatable bonds is 3. The fourth-order valence-electron chi connectivity index (χ4n) is 3.51. The molecule has 0 aromatic carbocycles. The first kappa shape index (κ1) is 14.4. The molecule has 1 spiro atoms. The molecule has 3 rings (SSSR count). The average Bonchev–Trinajstić information content (AvgIpc) is 3.02. The number of hydrazine groups is 1. The summed E-state index contributed by atoms with van der Waals surface area (Å²) < 4.78 is 8.03. The van der Waals surface area contributed by atoms with Gasteiger partial charge in [-0.2, -0.15) is 16.9 Å². The molecule has 112 valence electrons. The van der Waals surface area contributed by atoms with Gasteiger partial charge in [0.1, 0.15) is 0 Å². The van der Waals surface area contributed by atoms with E-state index in [4.69, 9.17) is 10.6 Å². The van der Waals surface area contributed by atoms with Crippen LogP contribution in [-0.4, -0.2) is 33.5 Å². The van der Waals surface area contributed by atoms with Gasteiger partial charge in [0, 0.05) is 30.7 Å². The summed E-state index contributed by atoms with van der Waals surface area (Å²) in [5, 5.41) is 4.35. The third-order valence-corrected chi connectivity index (χ3v) is 6.08. The van der Waals surface area contributed by atoms with E-state index in [2.05, 4.69) is 17.4 Å². The largest absolute Gasteiger partial charge is 0.374 e. The normalized spacial score (nSPS) is 31.9. The van der Waals surface area contributed by atoms with Gasteiger partial charge in [-0.25, -0.2) is 0 Å². The monoisotopic (exact) mass is 296 g/mol. The van der Waals surface area contributed by atoms with Crippen LogP contribution in [0.2, 0.25) is 0 Å². The quantitative estimate of drug-likeness (QED) is 0.654. The van der Waals surface area contributed by atoms with E-state index in [-0.39, 0.29) is 11.6 Å². The minimum atomic E-state index is 0.0960. The van der Waals surface area contributed by atoms with E-state index in [0.717, 1.165) is 25.2 Å². The van der Waals surface area contributed by atoms with Crippen LogP contribution in [0.15, 0.2) is 6.20 Å². The number of hydrogen-bond acceptors (Lipinski definition) is 5. The van der Waals surface area contributed by atoms with Gasteiger partial charge >= 0.3 is 0 Å². The highest BCUT2D eigenvalue weighted by atomic mass is 32.2. The van der Waals surface area contributed by atoms with Gasteiger partial charge in [0.2, 0.25) is 0 Å². The highest BCUT2D eigenvalue weighted by Crippen LogP contribution is 2.44. The number of thioether (sulfide) groups is 1. The Labute approximate surface area is 124 Å². The maximum Gasteiger partial charge on any atom is 0.0783 e. The van der Waals surface area contributed by atoms with Gasteiger partial charge in [-0.15, -0.1) is 0 Å². The second kappa shape index (κ2) is 5.67. The van der Waals surface area contributed by atoms with Crippen molar-refractivity contribution >= 4 is 11.8 Å². The Balaban J connectivity index is 1.80. The highest BCUT2D eigenvalue weighted by molar-refractivity contribution is 7.99. The van der Waals surface area contributed by atoms with Gasteiger partial charge in [-0.1, -0.05) is 0 Å². The summed E-state index contributed by atoms with van der Waals surface area (Å²) in [6.45, 7) is 2.95. The average molecular weight is 296 g/mol. The molecule has 1 aromatic rings. The summed E-state index contributed by atoms with van der Waals surface area (Å²) in [5.41, 5.74) is 5.54. The minimum absolute atomic E-state index is 0.0960. The molecule has 0 aliphatic carbocycles. The Morgan fingerprint density at radius 3 is 3.10 bits per heavy atom. The molecular weight excluding hydrogens is 272 g/mol. The van der Waals surface area contributed by atoms with Gasteiger partial charge in [0.25, 0.3) is 0 Å². The van der Waals surface area contributed by atoms with Gasteiger partial charge in [0.15, 0.2) is 0 Å². The van der Waals surface area contributed by atoms with Crippen LogP contribution in [0.3, 0.4) is 0 Å². The summed E-state index contributed by atoms with van der Waals surface area (Å²) in [5.74, 6) is 8.74. The molecule has 20 heavy (non-hydrogen) atoms. The van der Waals surface area contributed by atoms with Crippen LogP contribution >= 0.6 is 11.8 Å². The minimum Gasteiger partial charge on any atom is -0.374 e. The fourth-order valence-corrected chi connectivity index (χ4v) is 4.89. The van der Waals surface area contributed by atoms with E-state index in [0.29, 0.717) is 5.92 Å². The molecule has 2 aliphatic heterocycles. The molecule has 6 heteroatoms. The first-order valence-electron chi connectivity index (χ1n) is 7.31. The first-order valence-corrected chi connectivity index (χ1v) is 8.47. The number of nitrogens with zero attached hydrogens (tertiary/aromatic N) is 2. The highest BCUT2D eigenvalue weighted by Gasteiger charge is 2.43. The smallest absolute Gasteiger partial charge is 0.0783 e. The van der Waals surface area contributed by atoms with Crippen molar-refractivity contribution in [1.82, 2.24) is 15.2 Å². The lowest BCUT2D eigenvalue weighted by Gasteiger charge is -2.40. The SMILES string of the molecule is Cc1c(C(NN)C2CCOC3(CCSC3)C2)cnn1C. The molecule has 2 aliphatic rings. The lowest BCUT2D eigenvalue weighted by molar-refractivity contribution is -0.0854. The number of hydrogen-bond donors (Lipinski definition) is 2. The third kappa shape index (κ3) is 2.50. The van der Waals surface area contributed by atoms with Crippen molar-refractivity contribution < 1.29 is 4.74 Å². The van der Waals surface area contributed by atoms with Crippen LogP contribution < -0.4 is 11.3 Å². The van der Waals surface area contributed by atoms with Gasteiger partial charge in [0.05, 0.1) is 17.8 Å². The summed E-state index contributed by atoms with van der Waals surface area (Å²) in [4.78, 5) is 0. The Hall–Kier alpha value is -0.560. The second-order valence-electron chi connectivity index (χ2n) is 6.04. The van der Waals surface area contributed by atoms with Crippen LogP contribution in [-0.2, 0) is 11.8 Å². The van der Waals surface area contributed by atoms with Crippen LogP contribution in [0, 0.1) is 12.8 Å². The van der Waals surface area contributed by atoms with Gasteiger partial charge in [-0.3, -0.25) is 16.0 Å². The van der Waals surface area contributed by atoms with E-state index in [1.165, 1.54) is 23.4 Å². The van der Waals surface area contributed by atoms with Gasteiger partial charge < -0.3 is 4.74 Å². The van der Waals surface area contributed by atoms with E-state index < -0.39 is 0 Å². The van der Waals surface area contributed by atoms with Crippen molar-refractivity contribution in [2.45, 2.75) is 37.8 Å². The van der Waals surface area contributed by atoms with Crippen molar-refractivity contribution in [3.63, 3.8) is 0 Å². The standard InChI is InChI=1S/C14H24N4OS/c1-10-12(8-16-18(10)2)13(17-15)11-3-5-19-14(7-11)4-6-20-9-14/h8,11,13,17H,3-7,9,15H2,1-2H3. The Bertz CT molecular complexity index is 470. The number of ether oxygens (including phenoxy) is 1. The van der Waals surface area contributed by atoms with E-state index in [1.54, 1.807) is 0 Å². The van der Waals surface area contributed by atoms with E-state index >= 15 is 0 Å². The molecule has 2 saturated heterocycles. The first-order chi connectivity index (χ1) is 9.65. The molecule has 3 N–H and O–H groups in total. The molecular formula is C14H24N4OS. The van der Waals surface area contributed by atoms with Crippen LogP contribution in [0.5, 0.6) is 0 Å². The molecule has 0 radical (unpaired) electrons. The molecule has 3 unspecified atom stereocenters. The predicted molar refractivity (Wildman–Crippen MR) is 81.4 cm³/mol. The summed E-state index contributed by atoms with van der Waals surface area (Å²) in [6, 6.07) is 0.176. The Morgan fingerprint density at radius 1 is 1.65 bits per heavy atom.